The van der Waals surface area contributed by atoms with E-state index in [0.29, 0.717) is 28.6 Å². The van der Waals surface area contributed by atoms with Gasteiger partial charge in [-0.2, -0.15) is 0 Å². The SMILES string of the molecule is CCOc1cccc(C2C(C(=O)C(C)(C)C)=C(O)C(=O)N2c2cccc(Cl)c2)c1. The molecule has 1 heterocycles. The van der Waals surface area contributed by atoms with Gasteiger partial charge in [0.15, 0.2) is 11.5 Å². The molecule has 1 aliphatic rings. The Morgan fingerprint density at radius 1 is 1.17 bits per heavy atom. The molecule has 0 aliphatic carbocycles. The molecule has 1 amide bonds. The molecule has 6 heteroatoms. The number of Topliss-reactive ketones (excluding diaryl/α,β-unsaturated/α-hetero) is 1. The number of anilines is 1. The second-order valence-electron chi connectivity index (χ2n) is 7.90. The minimum absolute atomic E-state index is 0.0797. The smallest absolute Gasteiger partial charge is 0.294 e. The van der Waals surface area contributed by atoms with Gasteiger partial charge in [-0.1, -0.05) is 50.6 Å². The molecule has 3 rings (SSSR count). The zero-order chi connectivity index (χ0) is 21.3. The van der Waals surface area contributed by atoms with Crippen LogP contribution in [-0.4, -0.2) is 23.4 Å². The highest BCUT2D eigenvalue weighted by Crippen LogP contribution is 2.44. The lowest BCUT2D eigenvalue weighted by atomic mass is 9.82. The number of hydrogen-bond donors (Lipinski definition) is 1. The van der Waals surface area contributed by atoms with Crippen molar-refractivity contribution in [3.8, 4) is 5.75 Å². The third-order valence-corrected chi connectivity index (χ3v) is 4.94. The number of carbonyl (C=O) groups excluding carboxylic acids is 2. The Kier molecular flexibility index (Phi) is 5.71. The maximum Gasteiger partial charge on any atom is 0.294 e. The molecule has 1 unspecified atom stereocenters. The molecule has 1 aliphatic heterocycles. The Balaban J connectivity index is 2.21. The molecule has 2 aromatic carbocycles. The lowest BCUT2D eigenvalue weighted by molar-refractivity contribution is -0.123. The zero-order valence-electron chi connectivity index (χ0n) is 16.9. The van der Waals surface area contributed by atoms with Gasteiger partial charge in [0.2, 0.25) is 0 Å². The van der Waals surface area contributed by atoms with E-state index in [-0.39, 0.29) is 11.4 Å². The summed E-state index contributed by atoms with van der Waals surface area (Å²) < 4.78 is 5.59. The molecule has 0 bridgehead atoms. The fraction of sp³-hybridized carbons (Fsp3) is 0.304. The van der Waals surface area contributed by atoms with E-state index in [1.54, 1.807) is 57.2 Å². The normalized spacial score (nSPS) is 17.1. The topological polar surface area (TPSA) is 66.8 Å². The Labute approximate surface area is 175 Å². The van der Waals surface area contributed by atoms with Gasteiger partial charge in [-0.3, -0.25) is 14.5 Å². The van der Waals surface area contributed by atoms with E-state index in [4.69, 9.17) is 16.3 Å². The predicted molar refractivity (Wildman–Crippen MR) is 113 cm³/mol. The summed E-state index contributed by atoms with van der Waals surface area (Å²) >= 11 is 6.14. The maximum atomic E-state index is 13.2. The summed E-state index contributed by atoms with van der Waals surface area (Å²) in [5.41, 5.74) is 0.471. The van der Waals surface area contributed by atoms with Gasteiger partial charge in [0.05, 0.1) is 18.2 Å². The van der Waals surface area contributed by atoms with E-state index < -0.39 is 23.1 Å². The number of ketones is 1. The summed E-state index contributed by atoms with van der Waals surface area (Å²) in [6.45, 7) is 7.64. The minimum atomic E-state index is -0.784. The molecular formula is C23H24ClNO4. The van der Waals surface area contributed by atoms with Gasteiger partial charge in [0.1, 0.15) is 5.75 Å². The number of hydrogen-bond acceptors (Lipinski definition) is 4. The van der Waals surface area contributed by atoms with Crippen LogP contribution in [0.1, 0.15) is 39.3 Å². The number of rotatable bonds is 5. The number of benzene rings is 2. The highest BCUT2D eigenvalue weighted by Gasteiger charge is 2.46. The van der Waals surface area contributed by atoms with Crippen LogP contribution in [0.15, 0.2) is 59.9 Å². The van der Waals surface area contributed by atoms with Crippen molar-refractivity contribution in [3.63, 3.8) is 0 Å². The first kappa shape index (κ1) is 20.9. The van der Waals surface area contributed by atoms with Crippen molar-refractivity contribution >= 4 is 29.0 Å². The monoisotopic (exact) mass is 413 g/mol. The first-order valence-corrected chi connectivity index (χ1v) is 9.82. The van der Waals surface area contributed by atoms with Crippen LogP contribution in [0.2, 0.25) is 5.02 Å². The van der Waals surface area contributed by atoms with Crippen molar-refractivity contribution < 1.29 is 19.4 Å². The molecule has 152 valence electrons. The number of halogens is 1. The number of ether oxygens (including phenoxy) is 1. The fourth-order valence-electron chi connectivity index (χ4n) is 3.39. The van der Waals surface area contributed by atoms with E-state index in [0.717, 1.165) is 0 Å². The molecule has 5 nitrogen and oxygen atoms in total. The van der Waals surface area contributed by atoms with Gasteiger partial charge in [0, 0.05) is 16.1 Å². The molecule has 0 aromatic heterocycles. The highest BCUT2D eigenvalue weighted by atomic mass is 35.5. The molecule has 1 N–H and O–H groups in total. The molecule has 29 heavy (non-hydrogen) atoms. The van der Waals surface area contributed by atoms with Crippen LogP contribution < -0.4 is 9.64 Å². The largest absolute Gasteiger partial charge is 0.503 e. The first-order valence-electron chi connectivity index (χ1n) is 9.45. The van der Waals surface area contributed by atoms with Crippen molar-refractivity contribution in [2.24, 2.45) is 5.41 Å². The molecule has 2 aromatic rings. The van der Waals surface area contributed by atoms with E-state index in [1.807, 2.05) is 19.1 Å². The number of aliphatic hydroxyl groups excluding tert-OH is 1. The van der Waals surface area contributed by atoms with Gasteiger partial charge in [0.25, 0.3) is 5.91 Å². The Morgan fingerprint density at radius 2 is 1.86 bits per heavy atom. The molecule has 0 radical (unpaired) electrons. The number of aliphatic hydroxyl groups is 1. The van der Waals surface area contributed by atoms with Crippen molar-refractivity contribution in [2.45, 2.75) is 33.7 Å². The lowest BCUT2D eigenvalue weighted by Crippen LogP contribution is -2.32. The third kappa shape index (κ3) is 4.01. The summed E-state index contributed by atoms with van der Waals surface area (Å²) in [6.07, 6.45) is 0. The van der Waals surface area contributed by atoms with Gasteiger partial charge < -0.3 is 9.84 Å². The van der Waals surface area contributed by atoms with E-state index in [1.165, 1.54) is 4.90 Å². The first-order chi connectivity index (χ1) is 13.6. The molecule has 1 atom stereocenters. The number of carbonyl (C=O) groups is 2. The number of nitrogens with zero attached hydrogens (tertiary/aromatic N) is 1. The van der Waals surface area contributed by atoms with Crippen molar-refractivity contribution in [2.75, 3.05) is 11.5 Å². The average Bonchev–Trinajstić information content (AvgIpc) is 2.92. The van der Waals surface area contributed by atoms with Crippen molar-refractivity contribution in [1.29, 1.82) is 0 Å². The average molecular weight is 414 g/mol. The van der Waals surface area contributed by atoms with E-state index >= 15 is 0 Å². The van der Waals surface area contributed by atoms with Crippen LogP contribution in [0, 0.1) is 5.41 Å². The van der Waals surface area contributed by atoms with Gasteiger partial charge >= 0.3 is 0 Å². The van der Waals surface area contributed by atoms with E-state index in [2.05, 4.69) is 0 Å². The van der Waals surface area contributed by atoms with Crippen LogP contribution >= 0.6 is 11.6 Å². The second kappa shape index (κ2) is 7.91. The molecular weight excluding hydrogens is 390 g/mol. The van der Waals surface area contributed by atoms with Crippen LogP contribution in [0.4, 0.5) is 5.69 Å². The van der Waals surface area contributed by atoms with Gasteiger partial charge in [-0.25, -0.2) is 0 Å². The van der Waals surface area contributed by atoms with Gasteiger partial charge in [-0.05, 0) is 42.8 Å². The van der Waals surface area contributed by atoms with Crippen LogP contribution in [0.25, 0.3) is 0 Å². The molecule has 0 spiro atoms. The summed E-state index contributed by atoms with van der Waals surface area (Å²) in [5, 5.41) is 11.2. The Morgan fingerprint density at radius 3 is 2.48 bits per heavy atom. The maximum absolute atomic E-state index is 13.2. The Bertz CT molecular complexity index is 990. The Hall–Kier alpha value is -2.79. The lowest BCUT2D eigenvalue weighted by Gasteiger charge is -2.29. The summed E-state index contributed by atoms with van der Waals surface area (Å²) in [6, 6.07) is 13.2. The zero-order valence-corrected chi connectivity index (χ0v) is 17.7. The van der Waals surface area contributed by atoms with Crippen molar-refractivity contribution in [1.82, 2.24) is 0 Å². The summed E-state index contributed by atoms with van der Waals surface area (Å²) in [4.78, 5) is 27.7. The molecule has 0 saturated carbocycles. The van der Waals surface area contributed by atoms with Crippen LogP contribution in [0.5, 0.6) is 5.75 Å². The minimum Gasteiger partial charge on any atom is -0.503 e. The highest BCUT2D eigenvalue weighted by molar-refractivity contribution is 6.31. The van der Waals surface area contributed by atoms with Crippen LogP contribution in [0.3, 0.4) is 0 Å². The summed E-state index contributed by atoms with van der Waals surface area (Å²) in [5.74, 6) is -0.833. The third-order valence-electron chi connectivity index (χ3n) is 4.71. The molecule has 0 saturated heterocycles. The predicted octanol–water partition coefficient (Wildman–Crippen LogP) is 5.25. The van der Waals surface area contributed by atoms with Crippen LogP contribution in [-0.2, 0) is 9.59 Å². The van der Waals surface area contributed by atoms with Gasteiger partial charge in [-0.15, -0.1) is 0 Å². The van der Waals surface area contributed by atoms with E-state index in [9.17, 15) is 14.7 Å². The standard InChI is InChI=1S/C23H24ClNO4/c1-5-29-17-11-6-8-14(12-17)19-18(21(27)23(2,3)4)20(26)22(28)25(19)16-10-7-9-15(24)13-16/h6-13,19,26H,5H2,1-4H3. The fourth-order valence-corrected chi connectivity index (χ4v) is 3.57. The second-order valence-corrected chi connectivity index (χ2v) is 8.34. The summed E-state index contributed by atoms with van der Waals surface area (Å²) in [7, 11) is 0. The van der Waals surface area contributed by atoms with Crippen molar-refractivity contribution in [3.05, 3.63) is 70.4 Å². The molecule has 0 fully saturated rings. The quantitative estimate of drug-likeness (QED) is 0.726. The number of amides is 1.